The first-order valence-corrected chi connectivity index (χ1v) is 6.63. The van der Waals surface area contributed by atoms with Gasteiger partial charge in [0.05, 0.1) is 12.1 Å². The number of amides is 1. The van der Waals surface area contributed by atoms with Crippen LogP contribution in [0.5, 0.6) is 11.5 Å². The lowest BCUT2D eigenvalue weighted by molar-refractivity contribution is -0.129. The number of nitrogens with one attached hydrogen (secondary N) is 1. The topological polar surface area (TPSA) is 73.6 Å². The van der Waals surface area contributed by atoms with Crippen LogP contribution in [0.2, 0.25) is 0 Å². The van der Waals surface area contributed by atoms with Crippen molar-refractivity contribution in [3.63, 3.8) is 0 Å². The third-order valence-corrected chi connectivity index (χ3v) is 3.76. The van der Waals surface area contributed by atoms with E-state index in [0.717, 1.165) is 30.8 Å². The Hall–Kier alpha value is -1.46. The highest BCUT2D eigenvalue weighted by Gasteiger charge is 2.40. The minimum absolute atomic E-state index is 0. The highest BCUT2D eigenvalue weighted by molar-refractivity contribution is 5.87. The van der Waals surface area contributed by atoms with Gasteiger partial charge in [-0.3, -0.25) is 4.79 Å². The predicted molar refractivity (Wildman–Crippen MR) is 77.4 cm³/mol. The Balaban J connectivity index is 0.00000147. The van der Waals surface area contributed by atoms with Gasteiger partial charge in [-0.25, -0.2) is 0 Å². The van der Waals surface area contributed by atoms with Crippen LogP contribution in [0, 0.1) is 0 Å². The zero-order valence-electron chi connectivity index (χ0n) is 11.1. The van der Waals surface area contributed by atoms with Crippen LogP contribution in [0.4, 0.5) is 0 Å². The lowest BCUT2D eigenvalue weighted by atomic mass is 9.77. The molecular weight excluding hydrogens is 280 g/mol. The summed E-state index contributed by atoms with van der Waals surface area (Å²) in [5.74, 6) is 1.39. The van der Waals surface area contributed by atoms with Gasteiger partial charge in [0.15, 0.2) is 11.5 Å². The second-order valence-corrected chi connectivity index (χ2v) is 5.22. The first-order chi connectivity index (χ1) is 9.17. The fourth-order valence-corrected chi connectivity index (χ4v) is 2.33. The van der Waals surface area contributed by atoms with Crippen LogP contribution in [-0.4, -0.2) is 30.7 Å². The summed E-state index contributed by atoms with van der Waals surface area (Å²) < 4.78 is 11.4. The highest BCUT2D eigenvalue weighted by atomic mass is 35.5. The third-order valence-electron chi connectivity index (χ3n) is 3.76. The van der Waals surface area contributed by atoms with Gasteiger partial charge in [0.1, 0.15) is 12.7 Å². The number of para-hydroxylation sites is 2. The molecule has 3 N–H and O–H groups in total. The lowest BCUT2D eigenvalue weighted by Crippen LogP contribution is -2.59. The van der Waals surface area contributed by atoms with Gasteiger partial charge in [0.2, 0.25) is 5.91 Å². The number of hydrogen-bond donors (Lipinski definition) is 2. The van der Waals surface area contributed by atoms with Crippen molar-refractivity contribution < 1.29 is 14.3 Å². The highest BCUT2D eigenvalue weighted by Crippen LogP contribution is 2.31. The summed E-state index contributed by atoms with van der Waals surface area (Å²) in [7, 11) is 0. The van der Waals surface area contributed by atoms with Crippen LogP contribution in [0.25, 0.3) is 0 Å². The van der Waals surface area contributed by atoms with Crippen LogP contribution in [-0.2, 0) is 4.79 Å². The molecule has 6 heteroatoms. The predicted octanol–water partition coefficient (Wildman–Crippen LogP) is 1.25. The van der Waals surface area contributed by atoms with E-state index in [1.54, 1.807) is 0 Å². The van der Waals surface area contributed by atoms with E-state index in [0.29, 0.717) is 13.2 Å². The molecule has 110 valence electrons. The van der Waals surface area contributed by atoms with Gasteiger partial charge in [-0.2, -0.15) is 0 Å². The molecule has 2 aliphatic rings. The largest absolute Gasteiger partial charge is 0.486 e. The van der Waals surface area contributed by atoms with Crippen LogP contribution < -0.4 is 20.5 Å². The molecule has 3 rings (SSSR count). The van der Waals surface area contributed by atoms with Crippen molar-refractivity contribution in [2.24, 2.45) is 5.73 Å². The van der Waals surface area contributed by atoms with E-state index in [9.17, 15) is 4.79 Å². The molecule has 1 fully saturated rings. The Morgan fingerprint density at radius 1 is 1.35 bits per heavy atom. The van der Waals surface area contributed by atoms with Crippen molar-refractivity contribution in [1.82, 2.24) is 5.32 Å². The Labute approximate surface area is 124 Å². The van der Waals surface area contributed by atoms with Crippen LogP contribution in [0.1, 0.15) is 19.3 Å². The summed E-state index contributed by atoms with van der Waals surface area (Å²) in [5, 5.41) is 2.86. The lowest BCUT2D eigenvalue weighted by Gasteiger charge is -2.36. The normalized spacial score (nSPS) is 22.1. The fourth-order valence-electron chi connectivity index (χ4n) is 2.33. The second kappa shape index (κ2) is 5.89. The average molecular weight is 299 g/mol. The number of hydrogen-bond acceptors (Lipinski definition) is 4. The number of nitrogens with two attached hydrogens (primary N) is 1. The quantitative estimate of drug-likeness (QED) is 0.881. The van der Waals surface area contributed by atoms with Crippen LogP contribution in [0.15, 0.2) is 24.3 Å². The molecule has 5 nitrogen and oxygen atoms in total. The maximum Gasteiger partial charge on any atom is 0.240 e. The minimum Gasteiger partial charge on any atom is -0.486 e. The zero-order valence-corrected chi connectivity index (χ0v) is 11.9. The molecule has 1 saturated carbocycles. The molecule has 1 amide bonds. The number of carbonyl (C=O) groups is 1. The molecule has 1 heterocycles. The van der Waals surface area contributed by atoms with Crippen molar-refractivity contribution in [2.75, 3.05) is 13.2 Å². The van der Waals surface area contributed by atoms with E-state index < -0.39 is 5.54 Å². The smallest absolute Gasteiger partial charge is 0.240 e. The van der Waals surface area contributed by atoms with E-state index >= 15 is 0 Å². The van der Waals surface area contributed by atoms with Crippen molar-refractivity contribution in [3.05, 3.63) is 24.3 Å². The number of halogens is 1. The second-order valence-electron chi connectivity index (χ2n) is 5.22. The van der Waals surface area contributed by atoms with Gasteiger partial charge in [0.25, 0.3) is 0 Å². The van der Waals surface area contributed by atoms with Gasteiger partial charge in [-0.05, 0) is 31.4 Å². The number of fused-ring (bicyclic) bond motifs is 1. The van der Waals surface area contributed by atoms with Gasteiger partial charge in [0, 0.05) is 0 Å². The van der Waals surface area contributed by atoms with E-state index in [4.69, 9.17) is 15.2 Å². The standard InChI is InChI=1S/C14H18N2O3.ClH/c15-14(6-3-7-14)13(17)16-8-10-9-18-11-4-1-2-5-12(11)19-10;/h1-2,4-5,10H,3,6-9,15H2,(H,16,17);1H. The molecule has 0 bridgehead atoms. The summed E-state index contributed by atoms with van der Waals surface area (Å²) in [6.45, 7) is 0.862. The molecular formula is C14H19ClN2O3. The summed E-state index contributed by atoms with van der Waals surface area (Å²) in [5.41, 5.74) is 5.30. The monoisotopic (exact) mass is 298 g/mol. The van der Waals surface area contributed by atoms with Crippen molar-refractivity contribution in [1.29, 1.82) is 0 Å². The molecule has 0 saturated heterocycles. The van der Waals surface area contributed by atoms with Crippen LogP contribution in [0.3, 0.4) is 0 Å². The average Bonchev–Trinajstić information content (AvgIpc) is 2.42. The Kier molecular flexibility index (Phi) is 4.40. The molecule has 20 heavy (non-hydrogen) atoms. The van der Waals surface area contributed by atoms with Crippen molar-refractivity contribution in [2.45, 2.75) is 30.9 Å². The number of rotatable bonds is 3. The maximum absolute atomic E-state index is 11.9. The van der Waals surface area contributed by atoms with Crippen molar-refractivity contribution >= 4 is 18.3 Å². The Morgan fingerprint density at radius 3 is 2.70 bits per heavy atom. The number of ether oxygens (including phenoxy) is 2. The zero-order chi connectivity index (χ0) is 13.3. The minimum atomic E-state index is -0.659. The van der Waals surface area contributed by atoms with Gasteiger partial charge >= 0.3 is 0 Å². The molecule has 0 spiro atoms. The number of carbonyl (C=O) groups excluding carboxylic acids is 1. The van der Waals surface area contributed by atoms with Crippen molar-refractivity contribution in [3.8, 4) is 11.5 Å². The Bertz CT molecular complexity index is 491. The molecule has 0 radical (unpaired) electrons. The Morgan fingerprint density at radius 2 is 2.05 bits per heavy atom. The van der Waals surface area contributed by atoms with Gasteiger partial charge in [-0.1, -0.05) is 12.1 Å². The van der Waals surface area contributed by atoms with E-state index in [1.807, 2.05) is 24.3 Å². The SMILES string of the molecule is Cl.NC1(C(=O)NCC2COc3ccccc3O2)CCC1. The molecule has 1 aliphatic carbocycles. The molecule has 1 aliphatic heterocycles. The first-order valence-electron chi connectivity index (χ1n) is 6.63. The fraction of sp³-hybridized carbons (Fsp3) is 0.500. The van der Waals surface area contributed by atoms with E-state index in [-0.39, 0.29) is 24.4 Å². The molecule has 1 aromatic rings. The molecule has 1 aromatic carbocycles. The third kappa shape index (κ3) is 2.83. The maximum atomic E-state index is 11.9. The van der Waals surface area contributed by atoms with Gasteiger partial charge < -0.3 is 20.5 Å². The van der Waals surface area contributed by atoms with E-state index in [2.05, 4.69) is 5.32 Å². The molecule has 0 aromatic heterocycles. The summed E-state index contributed by atoms with van der Waals surface area (Å²) >= 11 is 0. The number of benzene rings is 1. The summed E-state index contributed by atoms with van der Waals surface area (Å²) in [6.07, 6.45) is 2.40. The molecule has 1 atom stereocenters. The summed E-state index contributed by atoms with van der Waals surface area (Å²) in [4.78, 5) is 11.9. The molecule has 1 unspecified atom stereocenters. The summed E-state index contributed by atoms with van der Waals surface area (Å²) in [6, 6.07) is 7.53. The van der Waals surface area contributed by atoms with Gasteiger partial charge in [-0.15, -0.1) is 12.4 Å². The first kappa shape index (κ1) is 14.9. The van der Waals surface area contributed by atoms with Crippen LogP contribution >= 0.6 is 12.4 Å². The van der Waals surface area contributed by atoms with E-state index in [1.165, 1.54) is 0 Å².